The minimum Gasteiger partial charge on any atom is -0.493 e. The van der Waals surface area contributed by atoms with Gasteiger partial charge in [-0.2, -0.15) is 5.26 Å². The van der Waals surface area contributed by atoms with Crippen LogP contribution in [-0.4, -0.2) is 36.1 Å². The Morgan fingerprint density at radius 3 is 2.53 bits per heavy atom. The van der Waals surface area contributed by atoms with Gasteiger partial charge in [-0.1, -0.05) is 42.5 Å². The van der Waals surface area contributed by atoms with Crippen LogP contribution in [0, 0.1) is 11.3 Å². The number of carbonyl (C=O) groups is 1. The lowest BCUT2D eigenvalue weighted by Gasteiger charge is -2.29. The molecule has 0 amide bonds. The number of benzene rings is 2. The molecule has 0 saturated carbocycles. The number of ether oxygens (including phenoxy) is 2. The highest BCUT2D eigenvalue weighted by molar-refractivity contribution is 9.10. The Morgan fingerprint density at radius 1 is 1.20 bits per heavy atom. The van der Waals surface area contributed by atoms with Crippen LogP contribution < -0.4 is 9.47 Å². The van der Waals surface area contributed by atoms with E-state index in [0.29, 0.717) is 10.2 Å². The average Bonchev–Trinajstić information content (AvgIpc) is 2.79. The number of hydrogen-bond acceptors (Lipinski definition) is 5. The Kier molecular flexibility index (Phi) is 7.61. The van der Waals surface area contributed by atoms with Gasteiger partial charge < -0.3 is 14.4 Å². The third-order valence-corrected chi connectivity index (χ3v) is 5.85. The van der Waals surface area contributed by atoms with Gasteiger partial charge in [0.1, 0.15) is 16.6 Å². The van der Waals surface area contributed by atoms with Crippen molar-refractivity contribution < 1.29 is 14.3 Å². The van der Waals surface area contributed by atoms with Gasteiger partial charge in [-0.3, -0.25) is 0 Å². The molecular formula is C23H21BrN2O3S. The summed E-state index contributed by atoms with van der Waals surface area (Å²) in [7, 11) is 1.50. The molecule has 0 unspecified atom stereocenters. The van der Waals surface area contributed by atoms with Gasteiger partial charge in [0.2, 0.25) is 0 Å². The van der Waals surface area contributed by atoms with Crippen LogP contribution in [0.15, 0.2) is 52.5 Å². The molecule has 0 bridgehead atoms. The van der Waals surface area contributed by atoms with Gasteiger partial charge in [-0.15, -0.1) is 0 Å². The lowest BCUT2D eigenvalue weighted by molar-refractivity contribution is -0.129. The standard InChI is InChI=1S/C23H21BrN2O3S/c1-28-20-14-17(22(30)26-10-6-3-7-11-26)13-19(24)21(20)29-23(27)18(15-25)12-16-8-4-2-5-9-16/h2,4-5,8-9,12-14H,3,6-7,10-11H2,1H3/b18-12+. The minimum absolute atomic E-state index is 0.108. The van der Waals surface area contributed by atoms with Gasteiger partial charge in [-0.05, 0) is 59.0 Å². The number of piperidine rings is 1. The number of esters is 1. The zero-order valence-corrected chi connectivity index (χ0v) is 19.0. The van der Waals surface area contributed by atoms with E-state index >= 15 is 0 Å². The Labute approximate surface area is 190 Å². The van der Waals surface area contributed by atoms with E-state index < -0.39 is 5.97 Å². The summed E-state index contributed by atoms with van der Waals surface area (Å²) in [5, 5.41) is 9.41. The number of rotatable bonds is 5. The molecule has 0 spiro atoms. The van der Waals surface area contributed by atoms with Gasteiger partial charge in [0.05, 0.1) is 11.6 Å². The quantitative estimate of drug-likeness (QED) is 0.192. The first-order chi connectivity index (χ1) is 14.5. The number of halogens is 1. The molecule has 2 aromatic carbocycles. The molecule has 5 nitrogen and oxygen atoms in total. The molecule has 0 atom stereocenters. The Morgan fingerprint density at radius 2 is 1.90 bits per heavy atom. The number of nitrogens with zero attached hydrogens (tertiary/aromatic N) is 2. The highest BCUT2D eigenvalue weighted by atomic mass is 79.9. The monoisotopic (exact) mass is 484 g/mol. The van der Waals surface area contributed by atoms with E-state index in [1.54, 1.807) is 18.2 Å². The molecule has 0 radical (unpaired) electrons. The summed E-state index contributed by atoms with van der Waals surface area (Å²) in [6.45, 7) is 1.87. The summed E-state index contributed by atoms with van der Waals surface area (Å²) in [6, 6.07) is 14.6. The van der Waals surface area contributed by atoms with Gasteiger partial charge in [-0.25, -0.2) is 4.79 Å². The van der Waals surface area contributed by atoms with Crippen LogP contribution in [-0.2, 0) is 4.79 Å². The van der Waals surface area contributed by atoms with E-state index in [1.165, 1.54) is 19.6 Å². The maximum atomic E-state index is 12.6. The molecule has 0 aliphatic carbocycles. The summed E-state index contributed by atoms with van der Waals surface area (Å²) >= 11 is 9.12. The first-order valence-corrected chi connectivity index (χ1v) is 10.8. The Hall–Kier alpha value is -2.69. The maximum Gasteiger partial charge on any atom is 0.354 e. The largest absolute Gasteiger partial charge is 0.493 e. The van der Waals surface area contributed by atoms with Gasteiger partial charge in [0.25, 0.3) is 0 Å². The minimum atomic E-state index is -0.758. The Bertz CT molecular complexity index is 1010. The van der Waals surface area contributed by atoms with Crippen molar-refractivity contribution >= 4 is 45.2 Å². The van der Waals surface area contributed by atoms with Crippen LogP contribution in [0.3, 0.4) is 0 Å². The second kappa shape index (κ2) is 10.4. The number of likely N-dealkylation sites (tertiary alicyclic amines) is 1. The van der Waals surface area contributed by atoms with Crippen LogP contribution >= 0.6 is 28.1 Å². The fraction of sp³-hybridized carbons (Fsp3) is 0.261. The number of hydrogen-bond donors (Lipinski definition) is 0. The van der Waals surface area contributed by atoms with Gasteiger partial charge in [0.15, 0.2) is 11.5 Å². The molecule has 30 heavy (non-hydrogen) atoms. The second-order valence-electron chi connectivity index (χ2n) is 6.81. The maximum absolute atomic E-state index is 12.6. The number of thiocarbonyl (C=S) groups is 1. The number of carbonyl (C=O) groups excluding carboxylic acids is 1. The lowest BCUT2D eigenvalue weighted by Crippen LogP contribution is -2.34. The van der Waals surface area contributed by atoms with Crippen molar-refractivity contribution in [2.75, 3.05) is 20.2 Å². The second-order valence-corrected chi connectivity index (χ2v) is 8.05. The SMILES string of the molecule is COc1cc(C(=S)N2CCCCC2)cc(Br)c1OC(=O)/C(C#N)=C/c1ccccc1. The fourth-order valence-electron chi connectivity index (χ4n) is 3.22. The predicted molar refractivity (Wildman–Crippen MR) is 123 cm³/mol. The molecule has 1 heterocycles. The van der Waals surface area contributed by atoms with Crippen LogP contribution in [0.25, 0.3) is 6.08 Å². The normalized spacial score (nSPS) is 14.0. The molecule has 7 heteroatoms. The molecule has 0 aromatic heterocycles. The van der Waals surface area contributed by atoms with E-state index in [9.17, 15) is 10.1 Å². The highest BCUT2D eigenvalue weighted by Gasteiger charge is 2.22. The van der Waals surface area contributed by atoms with Crippen molar-refractivity contribution in [2.24, 2.45) is 0 Å². The third kappa shape index (κ3) is 5.26. The summed E-state index contributed by atoms with van der Waals surface area (Å²) in [5.74, 6) is -0.183. The highest BCUT2D eigenvalue weighted by Crippen LogP contribution is 2.38. The molecule has 1 fully saturated rings. The van der Waals surface area contributed by atoms with Crippen LogP contribution in [0.5, 0.6) is 11.5 Å². The van der Waals surface area contributed by atoms with E-state index in [1.807, 2.05) is 30.3 Å². The summed E-state index contributed by atoms with van der Waals surface area (Å²) in [6.07, 6.45) is 4.96. The fourth-order valence-corrected chi connectivity index (χ4v) is 4.05. The van der Waals surface area contributed by atoms with E-state index in [0.717, 1.165) is 42.0 Å². The van der Waals surface area contributed by atoms with Crippen molar-refractivity contribution in [3.05, 3.63) is 63.6 Å². The molecule has 154 valence electrons. The van der Waals surface area contributed by atoms with E-state index in [-0.39, 0.29) is 11.3 Å². The predicted octanol–water partition coefficient (Wildman–Crippen LogP) is 5.13. The molecule has 1 saturated heterocycles. The molecule has 0 N–H and O–H groups in total. The van der Waals surface area contributed by atoms with E-state index in [2.05, 4.69) is 20.8 Å². The van der Waals surface area contributed by atoms with Crippen molar-refractivity contribution in [2.45, 2.75) is 19.3 Å². The topological polar surface area (TPSA) is 62.6 Å². The van der Waals surface area contributed by atoms with Crippen molar-refractivity contribution in [3.63, 3.8) is 0 Å². The molecular weight excluding hydrogens is 464 g/mol. The van der Waals surface area contributed by atoms with Gasteiger partial charge >= 0.3 is 5.97 Å². The zero-order valence-electron chi connectivity index (χ0n) is 16.6. The van der Waals surface area contributed by atoms with Crippen LogP contribution in [0.2, 0.25) is 0 Å². The van der Waals surface area contributed by atoms with Crippen molar-refractivity contribution in [1.82, 2.24) is 4.90 Å². The van der Waals surface area contributed by atoms with Crippen molar-refractivity contribution in [3.8, 4) is 17.6 Å². The summed E-state index contributed by atoms with van der Waals surface area (Å²) < 4.78 is 11.5. The first kappa shape index (κ1) is 22.0. The van der Waals surface area contributed by atoms with Crippen molar-refractivity contribution in [1.29, 1.82) is 5.26 Å². The van der Waals surface area contributed by atoms with Crippen LogP contribution in [0.4, 0.5) is 0 Å². The van der Waals surface area contributed by atoms with Gasteiger partial charge in [0, 0.05) is 18.7 Å². The molecule has 1 aliphatic rings. The zero-order chi connectivity index (χ0) is 21.5. The molecule has 1 aliphatic heterocycles. The van der Waals surface area contributed by atoms with Crippen LogP contribution in [0.1, 0.15) is 30.4 Å². The summed E-state index contributed by atoms with van der Waals surface area (Å²) in [4.78, 5) is 15.5. The number of methoxy groups -OCH3 is 1. The smallest absolute Gasteiger partial charge is 0.354 e. The summed E-state index contributed by atoms with van der Waals surface area (Å²) in [5.41, 5.74) is 1.44. The van der Waals surface area contributed by atoms with E-state index in [4.69, 9.17) is 21.7 Å². The molecule has 2 aromatic rings. The third-order valence-electron chi connectivity index (χ3n) is 4.77. The first-order valence-electron chi connectivity index (χ1n) is 9.59. The molecule has 3 rings (SSSR count). The number of nitriles is 1. The lowest BCUT2D eigenvalue weighted by atomic mass is 10.1. The Balaban J connectivity index is 1.85. The average molecular weight is 485 g/mol.